The van der Waals surface area contributed by atoms with Crippen LogP contribution in [0.15, 0.2) is 23.3 Å². The highest BCUT2D eigenvalue weighted by Crippen LogP contribution is 2.31. The van der Waals surface area contributed by atoms with E-state index in [1.54, 1.807) is 0 Å². The third kappa shape index (κ3) is 2.31. The highest BCUT2D eigenvalue weighted by atomic mass is 16.1. The van der Waals surface area contributed by atoms with Gasteiger partial charge >= 0.3 is 0 Å². The maximum Gasteiger partial charge on any atom is 0.275 e. The van der Waals surface area contributed by atoms with Crippen LogP contribution in [-0.4, -0.2) is 24.4 Å². The second-order valence-corrected chi connectivity index (χ2v) is 6.63. The van der Waals surface area contributed by atoms with Crippen LogP contribution in [0.4, 0.5) is 5.69 Å². The first-order valence-electron chi connectivity index (χ1n) is 8.13. The number of aromatic amines is 1. The summed E-state index contributed by atoms with van der Waals surface area (Å²) in [6.45, 7) is 12.1. The molecule has 1 N–H and O–H groups in total. The Balaban J connectivity index is 1.92. The van der Waals surface area contributed by atoms with E-state index in [4.69, 9.17) is 6.57 Å². The van der Waals surface area contributed by atoms with Crippen molar-refractivity contribution in [1.29, 1.82) is 0 Å². The Bertz CT molecular complexity index is 1010. The summed E-state index contributed by atoms with van der Waals surface area (Å²) in [7, 11) is 0. The van der Waals surface area contributed by atoms with Crippen LogP contribution in [-0.2, 0) is 6.54 Å². The fourth-order valence-electron chi connectivity index (χ4n) is 2.97. The number of hydrogen-bond donors (Lipinski definition) is 1. The van der Waals surface area contributed by atoms with Crippen LogP contribution in [0.1, 0.15) is 38.2 Å². The number of rotatable bonds is 4. The molecule has 0 aliphatic heterocycles. The largest absolute Gasteiger partial charge is 0.308 e. The highest BCUT2D eigenvalue weighted by molar-refractivity contribution is 5.72. The van der Waals surface area contributed by atoms with Crippen molar-refractivity contribution in [1.82, 2.24) is 24.4 Å². The van der Waals surface area contributed by atoms with Gasteiger partial charge in [-0.15, -0.1) is 0 Å². The van der Waals surface area contributed by atoms with Crippen LogP contribution in [0.5, 0.6) is 0 Å². The molecule has 1 saturated carbocycles. The Hall–Kier alpha value is -2.88. The van der Waals surface area contributed by atoms with Gasteiger partial charge in [0.2, 0.25) is 5.69 Å². The van der Waals surface area contributed by atoms with Crippen LogP contribution < -0.4 is 5.56 Å². The Morgan fingerprint density at radius 2 is 2.25 bits per heavy atom. The quantitative estimate of drug-likeness (QED) is 0.751. The van der Waals surface area contributed by atoms with Crippen molar-refractivity contribution in [3.63, 3.8) is 0 Å². The lowest BCUT2D eigenvalue weighted by Crippen LogP contribution is -2.22. The molecule has 1 aliphatic rings. The normalized spacial score (nSPS) is 14.4. The summed E-state index contributed by atoms with van der Waals surface area (Å²) < 4.78 is 3.26. The molecule has 24 heavy (non-hydrogen) atoms. The lowest BCUT2D eigenvalue weighted by Gasteiger charge is -2.10. The summed E-state index contributed by atoms with van der Waals surface area (Å²) in [5, 5.41) is 7.43. The molecule has 3 aromatic rings. The van der Waals surface area contributed by atoms with Crippen molar-refractivity contribution in [3.05, 3.63) is 45.8 Å². The van der Waals surface area contributed by atoms with Crippen LogP contribution in [0, 0.1) is 12.5 Å². The molecular weight excluding hydrogens is 304 g/mol. The predicted molar refractivity (Wildman–Crippen MR) is 90.1 cm³/mol. The van der Waals surface area contributed by atoms with E-state index in [1.165, 1.54) is 23.6 Å². The van der Waals surface area contributed by atoms with E-state index in [0.717, 1.165) is 12.5 Å². The number of fused-ring (bicyclic) bond motifs is 1. The van der Waals surface area contributed by atoms with Gasteiger partial charge in [-0.3, -0.25) is 9.48 Å². The third-order valence-electron chi connectivity index (χ3n) is 4.40. The third-order valence-corrected chi connectivity index (χ3v) is 4.40. The van der Waals surface area contributed by atoms with Gasteiger partial charge in [0.25, 0.3) is 5.56 Å². The van der Waals surface area contributed by atoms with Crippen LogP contribution in [0.25, 0.3) is 21.9 Å². The smallest absolute Gasteiger partial charge is 0.275 e. The topological polar surface area (TPSA) is 72.3 Å². The number of nitrogens with one attached hydrogen (secondary N) is 1. The second kappa shape index (κ2) is 5.34. The van der Waals surface area contributed by atoms with Crippen LogP contribution >= 0.6 is 0 Å². The van der Waals surface area contributed by atoms with E-state index >= 15 is 0 Å². The maximum atomic E-state index is 12.8. The molecule has 1 aliphatic carbocycles. The van der Waals surface area contributed by atoms with E-state index in [0.29, 0.717) is 28.3 Å². The summed E-state index contributed by atoms with van der Waals surface area (Å²) in [6.07, 6.45) is 5.97. The summed E-state index contributed by atoms with van der Waals surface area (Å²) in [4.78, 5) is 20.9. The molecule has 4 rings (SSSR count). The Labute approximate surface area is 138 Å². The molecule has 0 amide bonds. The Morgan fingerprint density at radius 1 is 1.46 bits per heavy atom. The first-order chi connectivity index (χ1) is 11.6. The monoisotopic (exact) mass is 322 g/mol. The Morgan fingerprint density at radius 3 is 2.92 bits per heavy atom. The number of nitrogens with zero attached hydrogens (tertiary/aromatic N) is 5. The highest BCUT2D eigenvalue weighted by Gasteiger charge is 2.24. The summed E-state index contributed by atoms with van der Waals surface area (Å²) in [5.74, 6) is 0.729. The Kier molecular flexibility index (Phi) is 3.27. The van der Waals surface area contributed by atoms with Gasteiger partial charge in [0.05, 0.1) is 6.57 Å². The molecule has 0 atom stereocenters. The molecule has 0 spiro atoms. The first kappa shape index (κ1) is 14.7. The van der Waals surface area contributed by atoms with Crippen molar-refractivity contribution < 1.29 is 0 Å². The molecule has 7 heteroatoms. The first-order valence-corrected chi connectivity index (χ1v) is 8.13. The van der Waals surface area contributed by atoms with Crippen molar-refractivity contribution in [2.45, 2.75) is 39.2 Å². The van der Waals surface area contributed by atoms with Gasteiger partial charge in [-0.2, -0.15) is 5.10 Å². The maximum absolute atomic E-state index is 12.8. The number of aromatic nitrogens is 5. The van der Waals surface area contributed by atoms with Gasteiger partial charge in [0, 0.05) is 24.5 Å². The zero-order chi connectivity index (χ0) is 16.8. The van der Waals surface area contributed by atoms with Crippen molar-refractivity contribution in [2.75, 3.05) is 0 Å². The van der Waals surface area contributed by atoms with Gasteiger partial charge in [0.15, 0.2) is 5.65 Å². The predicted octanol–water partition coefficient (Wildman–Crippen LogP) is 2.97. The molecule has 7 nitrogen and oxygen atoms in total. The van der Waals surface area contributed by atoms with Crippen molar-refractivity contribution in [2.24, 2.45) is 5.92 Å². The molecule has 0 radical (unpaired) electrons. The molecule has 0 unspecified atom stereocenters. The van der Waals surface area contributed by atoms with Crippen molar-refractivity contribution in [3.8, 4) is 11.4 Å². The van der Waals surface area contributed by atoms with E-state index in [1.807, 2.05) is 30.8 Å². The zero-order valence-electron chi connectivity index (χ0n) is 13.7. The lowest BCUT2D eigenvalue weighted by atomic mass is 10.0. The minimum Gasteiger partial charge on any atom is -0.308 e. The van der Waals surface area contributed by atoms with E-state index in [-0.39, 0.29) is 11.5 Å². The number of H-pyrrole nitrogens is 1. The average Bonchev–Trinajstić information content (AvgIpc) is 3.08. The van der Waals surface area contributed by atoms with Gasteiger partial charge in [-0.25, -0.2) is 14.3 Å². The number of hydrogen-bond acceptors (Lipinski definition) is 3. The molecule has 0 saturated heterocycles. The van der Waals surface area contributed by atoms with Crippen LogP contribution in [0.2, 0.25) is 0 Å². The minimum absolute atomic E-state index is 0.00479. The molecule has 0 bridgehead atoms. The van der Waals surface area contributed by atoms with Gasteiger partial charge in [0.1, 0.15) is 11.4 Å². The van der Waals surface area contributed by atoms with E-state index < -0.39 is 0 Å². The van der Waals surface area contributed by atoms with E-state index in [9.17, 15) is 4.79 Å². The molecule has 0 aromatic carbocycles. The van der Waals surface area contributed by atoms with Gasteiger partial charge < -0.3 is 5.10 Å². The second-order valence-electron chi connectivity index (χ2n) is 6.63. The SMILES string of the molecule is [C-]#[N+]c1c[nH]n2c(=O)c(C(C)C)c(-c3ccn(CC4CC4)n3)nc12. The minimum atomic E-state index is -0.170. The molecular formula is C17H18N6O. The van der Waals surface area contributed by atoms with Crippen molar-refractivity contribution >= 4 is 11.3 Å². The lowest BCUT2D eigenvalue weighted by molar-refractivity contribution is 0.564. The summed E-state index contributed by atoms with van der Waals surface area (Å²) in [5.41, 5.74) is 2.40. The fourth-order valence-corrected chi connectivity index (χ4v) is 2.97. The standard InChI is InChI=1S/C17H18N6O/c1-10(2)14-15(12-6-7-22(21-12)9-11-4-5-11)20-16-13(18-3)8-19-23(16)17(14)24/h6-8,10-11,19H,4-5,9H2,1-2H3. The zero-order valence-corrected chi connectivity index (χ0v) is 13.7. The van der Waals surface area contributed by atoms with E-state index in [2.05, 4.69) is 20.0 Å². The average molecular weight is 322 g/mol. The van der Waals surface area contributed by atoms with Gasteiger partial charge in [-0.1, -0.05) is 13.8 Å². The summed E-state index contributed by atoms with van der Waals surface area (Å²) in [6, 6.07) is 1.90. The van der Waals surface area contributed by atoms with Gasteiger partial charge in [-0.05, 0) is 30.7 Å². The fraction of sp³-hybridized carbons (Fsp3) is 0.412. The molecule has 1 fully saturated rings. The molecule has 3 aromatic heterocycles. The summed E-state index contributed by atoms with van der Waals surface area (Å²) >= 11 is 0. The molecule has 3 heterocycles. The van der Waals surface area contributed by atoms with Crippen LogP contribution in [0.3, 0.4) is 0 Å². The molecule has 122 valence electrons.